The molecule has 3 aromatic rings. The van der Waals surface area contributed by atoms with E-state index < -0.39 is 21.7 Å². The molecular formula is C23H24FN5O4S. The van der Waals surface area contributed by atoms with E-state index in [0.29, 0.717) is 31.9 Å². The summed E-state index contributed by atoms with van der Waals surface area (Å²) in [4.78, 5) is 22.8. The number of sulfonamides is 1. The van der Waals surface area contributed by atoms with Gasteiger partial charge in [-0.05, 0) is 43.4 Å². The summed E-state index contributed by atoms with van der Waals surface area (Å²) in [5.74, 6) is -0.764. The van der Waals surface area contributed by atoms with E-state index in [9.17, 15) is 17.6 Å². The number of hydrogen-bond donors (Lipinski definition) is 1. The van der Waals surface area contributed by atoms with Crippen molar-refractivity contribution in [3.05, 3.63) is 78.0 Å². The standard InChI is InChI=1S/C23H24FN5O4S/c1-28-9-11-29(12-10-28)34(31,32)20-4-2-3-17(14-20)23(30)27-19-5-6-21(24)18(13-19)16-33-22-15-25-7-8-26-22/h2-8,13-15H,9-12,16H2,1H3,(H,27,30). The van der Waals surface area contributed by atoms with Crippen LogP contribution in [0.3, 0.4) is 0 Å². The van der Waals surface area contributed by atoms with Gasteiger partial charge in [-0.3, -0.25) is 9.78 Å². The van der Waals surface area contributed by atoms with Crippen LogP contribution in [-0.4, -0.2) is 66.7 Å². The van der Waals surface area contributed by atoms with Crippen LogP contribution in [0.1, 0.15) is 15.9 Å². The Labute approximate surface area is 197 Å². The Morgan fingerprint density at radius 3 is 2.65 bits per heavy atom. The van der Waals surface area contributed by atoms with Crippen molar-refractivity contribution in [2.75, 3.05) is 38.5 Å². The quantitative estimate of drug-likeness (QED) is 0.548. The molecule has 0 radical (unpaired) electrons. The molecule has 2 heterocycles. The van der Waals surface area contributed by atoms with Crippen molar-refractivity contribution < 1.29 is 22.3 Å². The molecule has 1 fully saturated rings. The third-order valence-electron chi connectivity index (χ3n) is 5.41. The molecule has 1 saturated heterocycles. The molecule has 1 amide bonds. The highest BCUT2D eigenvalue weighted by atomic mass is 32.2. The Kier molecular flexibility index (Phi) is 7.15. The van der Waals surface area contributed by atoms with Gasteiger partial charge in [-0.2, -0.15) is 4.31 Å². The number of aromatic nitrogens is 2. The van der Waals surface area contributed by atoms with E-state index in [0.717, 1.165) is 0 Å². The minimum atomic E-state index is -3.71. The van der Waals surface area contributed by atoms with E-state index in [4.69, 9.17) is 4.74 Å². The number of halogens is 1. The maximum absolute atomic E-state index is 14.2. The molecule has 1 aliphatic heterocycles. The second kappa shape index (κ2) is 10.2. The Hall–Kier alpha value is -3.41. The third-order valence-corrected chi connectivity index (χ3v) is 7.31. The lowest BCUT2D eigenvalue weighted by molar-refractivity contribution is 0.102. The number of rotatable bonds is 7. The summed E-state index contributed by atoms with van der Waals surface area (Å²) in [6.45, 7) is 1.97. The molecule has 11 heteroatoms. The first-order valence-electron chi connectivity index (χ1n) is 10.6. The average Bonchev–Trinajstić information content (AvgIpc) is 2.85. The summed E-state index contributed by atoms with van der Waals surface area (Å²) < 4.78 is 47.1. The van der Waals surface area contributed by atoms with E-state index in [1.807, 2.05) is 7.05 Å². The van der Waals surface area contributed by atoms with Crippen LogP contribution in [0.5, 0.6) is 5.88 Å². The molecule has 1 aliphatic rings. The predicted octanol–water partition coefficient (Wildman–Crippen LogP) is 2.38. The molecule has 1 N–H and O–H groups in total. The van der Waals surface area contributed by atoms with Gasteiger partial charge in [-0.1, -0.05) is 6.07 Å². The summed E-state index contributed by atoms with van der Waals surface area (Å²) in [5.41, 5.74) is 0.739. The molecule has 0 saturated carbocycles. The van der Waals surface area contributed by atoms with Crippen molar-refractivity contribution >= 4 is 21.6 Å². The number of carbonyl (C=O) groups excluding carboxylic acids is 1. The maximum Gasteiger partial charge on any atom is 0.255 e. The van der Waals surface area contributed by atoms with Gasteiger partial charge in [0.15, 0.2) is 0 Å². The van der Waals surface area contributed by atoms with Gasteiger partial charge in [0.05, 0.1) is 11.1 Å². The molecule has 2 aromatic carbocycles. The van der Waals surface area contributed by atoms with Crippen molar-refractivity contribution in [1.29, 1.82) is 0 Å². The van der Waals surface area contributed by atoms with Gasteiger partial charge in [0.1, 0.15) is 12.4 Å². The van der Waals surface area contributed by atoms with Gasteiger partial charge in [0.2, 0.25) is 15.9 Å². The number of amides is 1. The van der Waals surface area contributed by atoms with Crippen molar-refractivity contribution in [3.63, 3.8) is 0 Å². The third kappa shape index (κ3) is 5.56. The number of carbonyl (C=O) groups is 1. The zero-order valence-electron chi connectivity index (χ0n) is 18.5. The highest BCUT2D eigenvalue weighted by Gasteiger charge is 2.28. The van der Waals surface area contributed by atoms with Crippen LogP contribution in [-0.2, 0) is 16.6 Å². The molecule has 1 aromatic heterocycles. The van der Waals surface area contributed by atoms with E-state index in [1.54, 1.807) is 0 Å². The fourth-order valence-electron chi connectivity index (χ4n) is 3.45. The second-order valence-electron chi connectivity index (χ2n) is 7.83. The van der Waals surface area contributed by atoms with Crippen LogP contribution >= 0.6 is 0 Å². The lowest BCUT2D eigenvalue weighted by Gasteiger charge is -2.31. The minimum absolute atomic E-state index is 0.0573. The van der Waals surface area contributed by atoms with E-state index in [-0.39, 0.29) is 28.5 Å². The van der Waals surface area contributed by atoms with Crippen molar-refractivity contribution in [2.45, 2.75) is 11.5 Å². The van der Waals surface area contributed by atoms with E-state index in [2.05, 4.69) is 20.2 Å². The normalized spacial score (nSPS) is 15.1. The maximum atomic E-state index is 14.2. The summed E-state index contributed by atoms with van der Waals surface area (Å²) >= 11 is 0. The number of piperazine rings is 1. The molecule has 34 heavy (non-hydrogen) atoms. The predicted molar refractivity (Wildman–Crippen MR) is 123 cm³/mol. The van der Waals surface area contributed by atoms with Gasteiger partial charge in [-0.15, -0.1) is 0 Å². The number of ether oxygens (including phenoxy) is 1. The number of nitrogens with one attached hydrogen (secondary N) is 1. The lowest BCUT2D eigenvalue weighted by Crippen LogP contribution is -2.47. The lowest BCUT2D eigenvalue weighted by atomic mass is 10.1. The first-order chi connectivity index (χ1) is 16.3. The van der Waals surface area contributed by atoms with Crippen LogP contribution in [0, 0.1) is 5.82 Å². The van der Waals surface area contributed by atoms with Crippen LogP contribution in [0.25, 0.3) is 0 Å². The highest BCUT2D eigenvalue weighted by Crippen LogP contribution is 2.21. The van der Waals surface area contributed by atoms with Gasteiger partial charge in [0, 0.05) is 55.4 Å². The Bertz CT molecular complexity index is 1270. The van der Waals surface area contributed by atoms with Crippen molar-refractivity contribution in [1.82, 2.24) is 19.2 Å². The first kappa shape index (κ1) is 23.7. The molecule has 0 unspecified atom stereocenters. The van der Waals surface area contributed by atoms with Crippen LogP contribution in [0.4, 0.5) is 10.1 Å². The molecule has 4 rings (SSSR count). The smallest absolute Gasteiger partial charge is 0.255 e. The van der Waals surface area contributed by atoms with Gasteiger partial charge >= 0.3 is 0 Å². The monoisotopic (exact) mass is 485 g/mol. The van der Waals surface area contributed by atoms with Gasteiger partial charge in [0.25, 0.3) is 5.91 Å². The summed E-state index contributed by atoms with van der Waals surface area (Å²) in [6, 6.07) is 9.98. The topological polar surface area (TPSA) is 105 Å². The molecule has 0 atom stereocenters. The Morgan fingerprint density at radius 1 is 1.12 bits per heavy atom. The van der Waals surface area contributed by atoms with Crippen molar-refractivity contribution in [2.24, 2.45) is 0 Å². The molecule has 0 spiro atoms. The number of likely N-dealkylation sites (N-methyl/N-ethyl adjacent to an activating group) is 1. The van der Waals surface area contributed by atoms with E-state index >= 15 is 0 Å². The summed E-state index contributed by atoms with van der Waals surface area (Å²) in [5, 5.41) is 2.68. The largest absolute Gasteiger partial charge is 0.472 e. The summed E-state index contributed by atoms with van der Waals surface area (Å²) in [7, 11) is -1.77. The van der Waals surface area contributed by atoms with Crippen LogP contribution in [0.2, 0.25) is 0 Å². The molecular weight excluding hydrogens is 461 g/mol. The first-order valence-corrected chi connectivity index (χ1v) is 12.0. The van der Waals surface area contributed by atoms with E-state index in [1.165, 1.54) is 65.4 Å². The number of anilines is 1. The molecule has 178 valence electrons. The molecule has 9 nitrogen and oxygen atoms in total. The van der Waals surface area contributed by atoms with Gasteiger partial charge < -0.3 is 15.0 Å². The Balaban J connectivity index is 1.47. The summed E-state index contributed by atoms with van der Waals surface area (Å²) in [6.07, 6.45) is 4.36. The molecule has 0 bridgehead atoms. The van der Waals surface area contributed by atoms with Crippen LogP contribution in [0.15, 0.2) is 66.0 Å². The number of hydrogen-bond acceptors (Lipinski definition) is 7. The van der Waals surface area contributed by atoms with Crippen LogP contribution < -0.4 is 10.1 Å². The Morgan fingerprint density at radius 2 is 1.91 bits per heavy atom. The second-order valence-corrected chi connectivity index (χ2v) is 9.77. The zero-order chi connectivity index (χ0) is 24.1. The number of benzene rings is 2. The van der Waals surface area contributed by atoms with Gasteiger partial charge in [-0.25, -0.2) is 17.8 Å². The average molecular weight is 486 g/mol. The SMILES string of the molecule is CN1CCN(S(=O)(=O)c2cccc(C(=O)Nc3ccc(F)c(COc4cnccn4)c3)c2)CC1. The fraction of sp³-hybridized carbons (Fsp3) is 0.261. The number of nitrogens with zero attached hydrogens (tertiary/aromatic N) is 4. The minimum Gasteiger partial charge on any atom is -0.472 e. The fourth-order valence-corrected chi connectivity index (χ4v) is 4.92. The molecule has 0 aliphatic carbocycles. The van der Waals surface area contributed by atoms with Crippen molar-refractivity contribution in [3.8, 4) is 5.88 Å². The highest BCUT2D eigenvalue weighted by molar-refractivity contribution is 7.89. The zero-order valence-corrected chi connectivity index (χ0v) is 19.3.